The molecule has 1 aromatic heterocycles. The van der Waals surface area contributed by atoms with Crippen molar-refractivity contribution in [3.8, 4) is 45.0 Å². The van der Waals surface area contributed by atoms with Crippen molar-refractivity contribution < 1.29 is 0 Å². The van der Waals surface area contributed by atoms with E-state index in [0.29, 0.717) is 0 Å². The first-order valence-electron chi connectivity index (χ1n) is 15.6. The highest BCUT2D eigenvalue weighted by Gasteiger charge is 2.36. The van der Waals surface area contributed by atoms with Crippen LogP contribution in [-0.2, 0) is 5.41 Å². The Kier molecular flexibility index (Phi) is 5.58. The van der Waals surface area contributed by atoms with Crippen LogP contribution in [0, 0.1) is 0 Å². The normalized spacial score (nSPS) is 13.3. The molecular weight excluding hydrogens is 544 g/mol. The van der Waals surface area contributed by atoms with Gasteiger partial charge in [-0.25, -0.2) is 9.97 Å². The van der Waals surface area contributed by atoms with E-state index in [0.717, 1.165) is 33.9 Å². The van der Waals surface area contributed by atoms with Crippen LogP contribution in [0.15, 0.2) is 146 Å². The van der Waals surface area contributed by atoms with Crippen LogP contribution in [0.5, 0.6) is 0 Å². The average Bonchev–Trinajstić information content (AvgIpc) is 3.33. The zero-order chi connectivity index (χ0) is 30.1. The Morgan fingerprint density at radius 1 is 0.422 bits per heavy atom. The maximum atomic E-state index is 5.28. The van der Waals surface area contributed by atoms with Crippen LogP contribution in [-0.4, -0.2) is 9.97 Å². The third kappa shape index (κ3) is 4.03. The van der Waals surface area contributed by atoms with E-state index in [-0.39, 0.29) is 5.41 Å². The van der Waals surface area contributed by atoms with Crippen molar-refractivity contribution >= 4 is 32.3 Å². The molecule has 8 aromatic rings. The zero-order valence-electron chi connectivity index (χ0n) is 25.3. The molecule has 0 unspecified atom stereocenters. The molecule has 0 saturated heterocycles. The maximum Gasteiger partial charge on any atom is 0.160 e. The van der Waals surface area contributed by atoms with Gasteiger partial charge in [0.15, 0.2) is 5.82 Å². The van der Waals surface area contributed by atoms with Gasteiger partial charge in [0.05, 0.1) is 11.4 Å². The molecule has 0 N–H and O–H groups in total. The number of benzene rings is 7. The molecule has 0 fully saturated rings. The predicted molar refractivity (Wildman–Crippen MR) is 188 cm³/mol. The van der Waals surface area contributed by atoms with E-state index >= 15 is 0 Å². The van der Waals surface area contributed by atoms with Gasteiger partial charge >= 0.3 is 0 Å². The van der Waals surface area contributed by atoms with Gasteiger partial charge in [0.1, 0.15) is 0 Å². The largest absolute Gasteiger partial charge is 0.228 e. The van der Waals surface area contributed by atoms with Gasteiger partial charge in [0.2, 0.25) is 0 Å². The van der Waals surface area contributed by atoms with E-state index in [2.05, 4.69) is 159 Å². The molecule has 0 atom stereocenters. The summed E-state index contributed by atoms with van der Waals surface area (Å²) in [6, 6.07) is 52.3. The van der Waals surface area contributed by atoms with Gasteiger partial charge < -0.3 is 0 Å². The lowest BCUT2D eigenvalue weighted by molar-refractivity contribution is 0.666. The van der Waals surface area contributed by atoms with Crippen LogP contribution in [0.2, 0.25) is 0 Å². The minimum absolute atomic E-state index is 0.0950. The summed E-state index contributed by atoms with van der Waals surface area (Å²) in [5, 5.41) is 7.30. The summed E-state index contributed by atoms with van der Waals surface area (Å²) < 4.78 is 0. The Balaban J connectivity index is 1.29. The fourth-order valence-corrected chi connectivity index (χ4v) is 7.42. The Labute approximate surface area is 262 Å². The standard InChI is InChI=1S/C43H30N2/c1-43(2)38-17-8-7-14-34(38)37-23-22-33-35(15-9-16-36(33)41(37)43)40-26-39(31-20-18-27-10-3-5-12-29(27)24-31)44-42(45-40)32-21-19-28-11-4-6-13-30(28)25-32/h3-26H,1-2H3. The Bertz CT molecular complexity index is 2370. The molecular formula is C43H30N2. The predicted octanol–water partition coefficient (Wildman–Crippen LogP) is 11.2. The molecule has 7 aromatic carbocycles. The van der Waals surface area contributed by atoms with E-state index in [1.54, 1.807) is 0 Å². The minimum atomic E-state index is -0.0950. The molecule has 0 radical (unpaired) electrons. The summed E-state index contributed by atoms with van der Waals surface area (Å²) in [4.78, 5) is 10.5. The summed E-state index contributed by atoms with van der Waals surface area (Å²) in [6.07, 6.45) is 0. The second-order valence-corrected chi connectivity index (χ2v) is 12.6. The van der Waals surface area contributed by atoms with Gasteiger partial charge in [0, 0.05) is 22.1 Å². The summed E-state index contributed by atoms with van der Waals surface area (Å²) in [5.74, 6) is 0.729. The number of hydrogen-bond acceptors (Lipinski definition) is 2. The second kappa shape index (κ2) is 9.70. The van der Waals surface area contributed by atoms with Gasteiger partial charge in [-0.3, -0.25) is 0 Å². The first-order valence-corrected chi connectivity index (χ1v) is 15.6. The summed E-state index contributed by atoms with van der Waals surface area (Å²) in [6.45, 7) is 4.70. The van der Waals surface area contributed by atoms with Gasteiger partial charge in [-0.15, -0.1) is 0 Å². The average molecular weight is 575 g/mol. The Morgan fingerprint density at radius 2 is 1.04 bits per heavy atom. The molecule has 212 valence electrons. The van der Waals surface area contributed by atoms with Crippen molar-refractivity contribution in [2.24, 2.45) is 0 Å². The molecule has 45 heavy (non-hydrogen) atoms. The van der Waals surface area contributed by atoms with Crippen LogP contribution in [0.1, 0.15) is 25.0 Å². The summed E-state index contributed by atoms with van der Waals surface area (Å²) >= 11 is 0. The molecule has 9 rings (SSSR count). The fraction of sp³-hybridized carbons (Fsp3) is 0.0698. The van der Waals surface area contributed by atoms with Crippen molar-refractivity contribution in [3.05, 3.63) is 157 Å². The van der Waals surface area contributed by atoms with Gasteiger partial charge in [-0.2, -0.15) is 0 Å². The van der Waals surface area contributed by atoms with Crippen molar-refractivity contribution in [1.29, 1.82) is 0 Å². The lowest BCUT2D eigenvalue weighted by Crippen LogP contribution is -2.15. The van der Waals surface area contributed by atoms with Crippen molar-refractivity contribution in [3.63, 3.8) is 0 Å². The zero-order valence-corrected chi connectivity index (χ0v) is 25.3. The monoisotopic (exact) mass is 574 g/mol. The van der Waals surface area contributed by atoms with Crippen LogP contribution < -0.4 is 0 Å². The number of fused-ring (bicyclic) bond motifs is 7. The quantitative estimate of drug-likeness (QED) is 0.210. The molecule has 1 aliphatic rings. The lowest BCUT2D eigenvalue weighted by Gasteiger charge is -2.23. The van der Waals surface area contributed by atoms with Gasteiger partial charge in [-0.1, -0.05) is 141 Å². The maximum absolute atomic E-state index is 5.28. The molecule has 2 heteroatoms. The number of rotatable bonds is 3. The third-order valence-electron chi connectivity index (χ3n) is 9.63. The molecule has 2 nitrogen and oxygen atoms in total. The molecule has 0 aliphatic heterocycles. The Morgan fingerprint density at radius 3 is 1.82 bits per heavy atom. The minimum Gasteiger partial charge on any atom is -0.228 e. The van der Waals surface area contributed by atoms with Crippen LogP contribution in [0.3, 0.4) is 0 Å². The van der Waals surface area contributed by atoms with E-state index in [1.807, 2.05) is 0 Å². The highest BCUT2D eigenvalue weighted by Crippen LogP contribution is 2.52. The second-order valence-electron chi connectivity index (χ2n) is 12.6. The Hall–Kier alpha value is -5.60. The number of nitrogens with zero attached hydrogens (tertiary/aromatic N) is 2. The fourth-order valence-electron chi connectivity index (χ4n) is 7.42. The van der Waals surface area contributed by atoms with E-state index in [9.17, 15) is 0 Å². The SMILES string of the molecule is CC1(C)c2ccccc2-c2ccc3c(-c4cc(-c5ccc6ccccc6c5)nc(-c5ccc6ccccc6c5)n4)cccc3c21. The summed E-state index contributed by atoms with van der Waals surface area (Å²) in [7, 11) is 0. The van der Waals surface area contributed by atoms with Crippen LogP contribution in [0.4, 0.5) is 0 Å². The molecule has 0 amide bonds. The number of hydrogen-bond donors (Lipinski definition) is 0. The van der Waals surface area contributed by atoms with Crippen LogP contribution >= 0.6 is 0 Å². The van der Waals surface area contributed by atoms with E-state index < -0.39 is 0 Å². The van der Waals surface area contributed by atoms with Crippen molar-refractivity contribution in [2.45, 2.75) is 19.3 Å². The van der Waals surface area contributed by atoms with Crippen LogP contribution in [0.25, 0.3) is 77.3 Å². The van der Waals surface area contributed by atoms with Crippen molar-refractivity contribution in [2.75, 3.05) is 0 Å². The van der Waals surface area contributed by atoms with Gasteiger partial charge in [0.25, 0.3) is 0 Å². The molecule has 0 saturated carbocycles. The third-order valence-corrected chi connectivity index (χ3v) is 9.63. The highest BCUT2D eigenvalue weighted by molar-refractivity contribution is 6.04. The lowest BCUT2D eigenvalue weighted by atomic mass is 9.79. The molecule has 1 heterocycles. The molecule has 0 bridgehead atoms. The molecule has 1 aliphatic carbocycles. The van der Waals surface area contributed by atoms with Crippen molar-refractivity contribution in [1.82, 2.24) is 9.97 Å². The van der Waals surface area contributed by atoms with E-state index in [4.69, 9.17) is 9.97 Å². The van der Waals surface area contributed by atoms with Gasteiger partial charge in [-0.05, 0) is 72.8 Å². The topological polar surface area (TPSA) is 25.8 Å². The first kappa shape index (κ1) is 25.9. The highest BCUT2D eigenvalue weighted by atomic mass is 14.9. The molecule has 0 spiro atoms. The smallest absolute Gasteiger partial charge is 0.160 e. The number of aromatic nitrogens is 2. The van der Waals surface area contributed by atoms with E-state index in [1.165, 1.54) is 54.6 Å². The summed E-state index contributed by atoms with van der Waals surface area (Å²) in [5.41, 5.74) is 10.4. The first-order chi connectivity index (χ1) is 22.0.